The quantitative estimate of drug-likeness (QED) is 0.468. The molecule has 0 bridgehead atoms. The third-order valence-corrected chi connectivity index (χ3v) is 4.76. The third kappa shape index (κ3) is 7.31. The molecule has 0 saturated carbocycles. The van der Waals surface area contributed by atoms with Gasteiger partial charge in [0.25, 0.3) is 0 Å². The van der Waals surface area contributed by atoms with Crippen LogP contribution in [0.5, 0.6) is 11.5 Å². The van der Waals surface area contributed by atoms with E-state index in [1.54, 1.807) is 30.3 Å². The highest BCUT2D eigenvalue weighted by Gasteiger charge is 2.14. The van der Waals surface area contributed by atoms with Crippen LogP contribution in [0.2, 0.25) is 0 Å². The van der Waals surface area contributed by atoms with E-state index in [0.29, 0.717) is 22.6 Å². The molecule has 3 aromatic carbocycles. The number of benzene rings is 3. The number of methoxy groups -OCH3 is 1. The Bertz CT molecular complexity index is 1070. The van der Waals surface area contributed by atoms with Gasteiger partial charge in [-0.25, -0.2) is 0 Å². The van der Waals surface area contributed by atoms with E-state index < -0.39 is 6.61 Å². The second-order valence-corrected chi connectivity index (χ2v) is 7.13. The molecule has 8 heteroatoms. The lowest BCUT2D eigenvalue weighted by atomic mass is 10.0. The Morgan fingerprint density at radius 1 is 0.939 bits per heavy atom. The summed E-state index contributed by atoms with van der Waals surface area (Å²) in [6.07, 6.45) is 0.299. The summed E-state index contributed by atoms with van der Waals surface area (Å²) in [5.74, 6) is 0.109. The number of hydrogen-bond acceptors (Lipinski definition) is 4. The molecule has 2 N–H and O–H groups in total. The van der Waals surface area contributed by atoms with Crippen LogP contribution < -0.4 is 20.1 Å². The van der Waals surface area contributed by atoms with Crippen LogP contribution in [0, 0.1) is 0 Å². The first-order valence-electron chi connectivity index (χ1n) is 10.3. The summed E-state index contributed by atoms with van der Waals surface area (Å²) in [5.41, 5.74) is 2.32. The van der Waals surface area contributed by atoms with Gasteiger partial charge >= 0.3 is 6.61 Å². The molecule has 0 aliphatic carbocycles. The van der Waals surface area contributed by atoms with Crippen LogP contribution in [-0.2, 0) is 16.0 Å². The van der Waals surface area contributed by atoms with Gasteiger partial charge in [-0.1, -0.05) is 42.5 Å². The molecule has 0 atom stereocenters. The minimum Gasteiger partial charge on any atom is -0.497 e. The van der Waals surface area contributed by atoms with Crippen molar-refractivity contribution in [1.29, 1.82) is 0 Å². The summed E-state index contributed by atoms with van der Waals surface area (Å²) < 4.78 is 35.4. The summed E-state index contributed by atoms with van der Waals surface area (Å²) in [6.45, 7) is -2.81. The van der Waals surface area contributed by atoms with Crippen LogP contribution in [0.1, 0.15) is 12.0 Å². The maximum atomic E-state index is 12.8. The number of nitrogens with one attached hydrogen (secondary N) is 2. The van der Waals surface area contributed by atoms with E-state index in [0.717, 1.165) is 5.56 Å². The summed E-state index contributed by atoms with van der Waals surface area (Å²) in [5, 5.41) is 5.43. The second kappa shape index (κ2) is 11.6. The molecular weight excluding hydrogens is 430 g/mol. The molecule has 0 aliphatic rings. The molecule has 6 nitrogen and oxygen atoms in total. The number of carbonyl (C=O) groups is 2. The molecule has 0 aromatic heterocycles. The number of carbonyl (C=O) groups excluding carboxylic acids is 2. The highest BCUT2D eigenvalue weighted by Crippen LogP contribution is 2.34. The van der Waals surface area contributed by atoms with Gasteiger partial charge in [-0.2, -0.15) is 8.78 Å². The van der Waals surface area contributed by atoms with Gasteiger partial charge in [0.15, 0.2) is 0 Å². The highest BCUT2D eigenvalue weighted by atomic mass is 19.3. The topological polar surface area (TPSA) is 76.7 Å². The lowest BCUT2D eigenvalue weighted by Gasteiger charge is -2.14. The zero-order valence-electron chi connectivity index (χ0n) is 18.0. The second-order valence-electron chi connectivity index (χ2n) is 7.13. The van der Waals surface area contributed by atoms with Crippen LogP contribution in [0.25, 0.3) is 11.1 Å². The van der Waals surface area contributed by atoms with Crippen molar-refractivity contribution in [3.8, 4) is 22.6 Å². The maximum absolute atomic E-state index is 12.8. The Morgan fingerprint density at radius 2 is 1.67 bits per heavy atom. The van der Waals surface area contributed by atoms with Crippen LogP contribution in [0.15, 0.2) is 72.8 Å². The van der Waals surface area contributed by atoms with Gasteiger partial charge in [-0.15, -0.1) is 0 Å². The first kappa shape index (κ1) is 23.7. The molecule has 0 spiro atoms. The largest absolute Gasteiger partial charge is 0.497 e. The fourth-order valence-electron chi connectivity index (χ4n) is 3.19. The lowest BCUT2D eigenvalue weighted by molar-refractivity contribution is -0.120. The highest BCUT2D eigenvalue weighted by molar-refractivity contribution is 5.92. The Balaban J connectivity index is 1.61. The van der Waals surface area contributed by atoms with Crippen molar-refractivity contribution in [2.45, 2.75) is 19.5 Å². The van der Waals surface area contributed by atoms with E-state index in [-0.39, 0.29) is 37.0 Å². The molecule has 172 valence electrons. The van der Waals surface area contributed by atoms with Gasteiger partial charge in [0.2, 0.25) is 11.8 Å². The number of ether oxygens (including phenoxy) is 2. The van der Waals surface area contributed by atoms with Crippen LogP contribution in [0.3, 0.4) is 0 Å². The predicted molar refractivity (Wildman–Crippen MR) is 121 cm³/mol. The first-order valence-corrected chi connectivity index (χ1v) is 10.3. The van der Waals surface area contributed by atoms with Gasteiger partial charge < -0.3 is 20.1 Å². The Morgan fingerprint density at radius 3 is 2.33 bits per heavy atom. The Hall–Kier alpha value is -3.94. The molecule has 3 rings (SSSR count). The SMILES string of the molecule is COc1ccc(-c2cc(NC(=O)CCNC(=O)Cc3ccccc3)ccc2OC(F)F)cc1. The molecule has 0 heterocycles. The van der Waals surface area contributed by atoms with Crippen LogP contribution >= 0.6 is 0 Å². The molecule has 0 saturated heterocycles. The minimum atomic E-state index is -2.98. The van der Waals surface area contributed by atoms with Gasteiger partial charge in [-0.3, -0.25) is 9.59 Å². The van der Waals surface area contributed by atoms with E-state index in [1.165, 1.54) is 19.2 Å². The number of halogens is 2. The molecule has 0 radical (unpaired) electrons. The van der Waals surface area contributed by atoms with Crippen molar-refractivity contribution in [2.75, 3.05) is 19.0 Å². The fraction of sp³-hybridized carbons (Fsp3) is 0.200. The molecule has 33 heavy (non-hydrogen) atoms. The Labute approximate surface area is 190 Å². The van der Waals surface area contributed by atoms with E-state index in [9.17, 15) is 18.4 Å². The van der Waals surface area contributed by atoms with Crippen molar-refractivity contribution in [3.63, 3.8) is 0 Å². The van der Waals surface area contributed by atoms with Crippen molar-refractivity contribution in [1.82, 2.24) is 5.32 Å². The monoisotopic (exact) mass is 454 g/mol. The van der Waals surface area contributed by atoms with E-state index in [1.807, 2.05) is 30.3 Å². The van der Waals surface area contributed by atoms with Gasteiger partial charge in [0.05, 0.1) is 13.5 Å². The summed E-state index contributed by atoms with van der Waals surface area (Å²) >= 11 is 0. The molecular formula is C25H24F2N2O4. The zero-order valence-corrected chi connectivity index (χ0v) is 18.0. The van der Waals surface area contributed by atoms with Gasteiger partial charge in [0, 0.05) is 24.2 Å². The molecule has 0 fully saturated rings. The van der Waals surface area contributed by atoms with Crippen LogP contribution in [0.4, 0.5) is 14.5 Å². The van der Waals surface area contributed by atoms with Crippen LogP contribution in [-0.4, -0.2) is 32.1 Å². The lowest BCUT2D eigenvalue weighted by Crippen LogP contribution is -2.28. The number of anilines is 1. The predicted octanol–water partition coefficient (Wildman–Crippen LogP) is 4.65. The van der Waals surface area contributed by atoms with E-state index in [2.05, 4.69) is 15.4 Å². The normalized spacial score (nSPS) is 10.5. The van der Waals surface area contributed by atoms with Crippen molar-refractivity contribution < 1.29 is 27.8 Å². The summed E-state index contributed by atoms with van der Waals surface area (Å²) in [6, 6.07) is 20.5. The summed E-state index contributed by atoms with van der Waals surface area (Å²) in [4.78, 5) is 24.3. The molecule has 2 amide bonds. The smallest absolute Gasteiger partial charge is 0.387 e. The molecule has 0 unspecified atom stereocenters. The van der Waals surface area contributed by atoms with E-state index >= 15 is 0 Å². The summed E-state index contributed by atoms with van der Waals surface area (Å²) in [7, 11) is 1.53. The van der Waals surface area contributed by atoms with Crippen molar-refractivity contribution in [3.05, 3.63) is 78.4 Å². The average molecular weight is 454 g/mol. The molecule has 0 aliphatic heterocycles. The van der Waals surface area contributed by atoms with Crippen molar-refractivity contribution in [2.24, 2.45) is 0 Å². The zero-order chi connectivity index (χ0) is 23.6. The fourth-order valence-corrected chi connectivity index (χ4v) is 3.19. The number of rotatable bonds is 10. The standard InChI is InChI=1S/C25H24F2N2O4/c1-32-20-10-7-18(8-11-20)21-16-19(9-12-22(21)33-25(26)27)29-23(30)13-14-28-24(31)15-17-5-3-2-4-6-17/h2-12,16,25H,13-15H2,1H3,(H,28,31)(H,29,30). The number of amides is 2. The third-order valence-electron chi connectivity index (χ3n) is 4.76. The molecule has 3 aromatic rings. The minimum absolute atomic E-state index is 0.0126. The van der Waals surface area contributed by atoms with Gasteiger partial charge in [-0.05, 0) is 41.5 Å². The van der Waals surface area contributed by atoms with Gasteiger partial charge in [0.1, 0.15) is 11.5 Å². The first-order chi connectivity index (χ1) is 15.9. The average Bonchev–Trinajstić information content (AvgIpc) is 2.80. The van der Waals surface area contributed by atoms with E-state index in [4.69, 9.17) is 4.74 Å². The Kier molecular flexibility index (Phi) is 8.35. The van der Waals surface area contributed by atoms with Crippen molar-refractivity contribution >= 4 is 17.5 Å². The number of hydrogen-bond donors (Lipinski definition) is 2. The maximum Gasteiger partial charge on any atom is 0.387 e. The number of alkyl halides is 2.